The minimum absolute atomic E-state index is 0.197. The maximum Gasteiger partial charge on any atom is 0.244 e. The summed E-state index contributed by atoms with van der Waals surface area (Å²) >= 11 is 12.8. The normalized spacial score (nSPS) is 10.9. The van der Waals surface area contributed by atoms with Gasteiger partial charge in [0.15, 0.2) is 0 Å². The number of nitrogens with one attached hydrogen (secondary N) is 1. The molecule has 3 aromatic rings. The van der Waals surface area contributed by atoms with Crippen molar-refractivity contribution in [3.8, 4) is 5.75 Å². The van der Waals surface area contributed by atoms with Crippen molar-refractivity contribution in [1.82, 2.24) is 5.43 Å². The molecule has 0 atom stereocenters. The van der Waals surface area contributed by atoms with Crippen LogP contribution < -0.4 is 10.2 Å². The lowest BCUT2D eigenvalue weighted by Crippen LogP contribution is -2.19. The number of benzene rings is 3. The fraction of sp³-hybridized carbons (Fsp3) is 0.0909. The molecule has 0 fully saturated rings. The third-order valence-electron chi connectivity index (χ3n) is 3.94. The van der Waals surface area contributed by atoms with E-state index in [9.17, 15) is 4.79 Å². The first-order chi connectivity index (χ1) is 14.0. The molecule has 0 aliphatic carbocycles. The fourth-order valence-electron chi connectivity index (χ4n) is 2.46. The Hall–Kier alpha value is -2.15. The molecule has 0 spiro atoms. The number of carbonyl (C=O) groups is 1. The monoisotopic (exact) mass is 534 g/mol. The first-order valence-electron chi connectivity index (χ1n) is 8.73. The van der Waals surface area contributed by atoms with Crippen molar-refractivity contribution in [3.63, 3.8) is 0 Å². The van der Waals surface area contributed by atoms with Crippen LogP contribution in [0.15, 0.2) is 80.8 Å². The van der Waals surface area contributed by atoms with E-state index in [1.54, 1.807) is 18.3 Å². The zero-order chi connectivity index (χ0) is 20.6. The van der Waals surface area contributed by atoms with E-state index in [0.29, 0.717) is 11.6 Å². The molecule has 0 aliphatic rings. The van der Waals surface area contributed by atoms with Crippen LogP contribution in [0.4, 0.5) is 0 Å². The number of carbonyl (C=O) groups excluding carboxylic acids is 1. The summed E-state index contributed by atoms with van der Waals surface area (Å²) in [5.74, 6) is 0.536. The number of hydrogen-bond donors (Lipinski definition) is 1. The molecular weight excluding hydrogens is 520 g/mol. The van der Waals surface area contributed by atoms with Gasteiger partial charge in [-0.05, 0) is 75.1 Å². The van der Waals surface area contributed by atoms with Crippen LogP contribution in [0, 0.1) is 0 Å². The average Bonchev–Trinajstić information content (AvgIpc) is 2.70. The lowest BCUT2D eigenvalue weighted by molar-refractivity contribution is -0.120. The largest absolute Gasteiger partial charge is 0.488 e. The van der Waals surface area contributed by atoms with E-state index in [2.05, 4.69) is 42.4 Å². The minimum Gasteiger partial charge on any atom is -0.488 e. The van der Waals surface area contributed by atoms with Crippen molar-refractivity contribution < 1.29 is 9.53 Å². The number of hydrogen-bond acceptors (Lipinski definition) is 3. The van der Waals surface area contributed by atoms with Gasteiger partial charge in [0.1, 0.15) is 12.4 Å². The quantitative estimate of drug-likeness (QED) is 0.292. The summed E-state index contributed by atoms with van der Waals surface area (Å²) < 4.78 is 7.69. The van der Waals surface area contributed by atoms with E-state index in [1.165, 1.54) is 0 Å². The van der Waals surface area contributed by atoms with Crippen LogP contribution in [0.1, 0.15) is 16.7 Å². The highest BCUT2D eigenvalue weighted by Gasteiger charge is 2.04. The van der Waals surface area contributed by atoms with Gasteiger partial charge in [-0.2, -0.15) is 5.10 Å². The van der Waals surface area contributed by atoms with Crippen LogP contribution in [0.3, 0.4) is 0 Å². The van der Waals surface area contributed by atoms with Crippen molar-refractivity contribution >= 4 is 55.6 Å². The summed E-state index contributed by atoms with van der Waals surface area (Å²) in [6, 6.07) is 20.7. The number of rotatable bonds is 7. The van der Waals surface area contributed by atoms with Crippen LogP contribution in [-0.4, -0.2) is 12.1 Å². The maximum atomic E-state index is 12.0. The van der Waals surface area contributed by atoms with Gasteiger partial charge in [-0.15, -0.1) is 0 Å². The van der Waals surface area contributed by atoms with Crippen molar-refractivity contribution in [2.45, 2.75) is 13.0 Å². The third-order valence-corrected chi connectivity index (χ3v) is 5.34. The standard InChI is InChI=1S/C22H17Br2ClN2O2/c23-18-6-1-16(2-7-18)14-29-21-10-5-17(11-20(21)24)13-26-27-22(28)12-15-3-8-19(25)9-4-15/h1-11,13H,12,14H2,(H,27,28)/b26-13-. The Labute approximate surface area is 191 Å². The highest BCUT2D eigenvalue weighted by atomic mass is 79.9. The van der Waals surface area contributed by atoms with Crippen LogP contribution in [-0.2, 0) is 17.8 Å². The molecule has 0 bridgehead atoms. The Morgan fingerprint density at radius 3 is 2.38 bits per heavy atom. The number of halogens is 3. The Bertz CT molecular complexity index is 1010. The van der Waals surface area contributed by atoms with E-state index in [1.807, 2.05) is 54.6 Å². The lowest BCUT2D eigenvalue weighted by Gasteiger charge is -2.09. The van der Waals surface area contributed by atoms with Gasteiger partial charge in [0.05, 0.1) is 17.1 Å². The molecule has 29 heavy (non-hydrogen) atoms. The van der Waals surface area contributed by atoms with Gasteiger partial charge < -0.3 is 4.74 Å². The average molecular weight is 537 g/mol. The number of ether oxygens (including phenoxy) is 1. The van der Waals surface area contributed by atoms with Crippen LogP contribution in [0.2, 0.25) is 5.02 Å². The SMILES string of the molecule is O=C(Cc1ccc(Cl)cc1)N/N=C\c1ccc(OCc2ccc(Br)cc2)c(Br)c1. The summed E-state index contributed by atoms with van der Waals surface area (Å²) in [6.07, 6.45) is 1.82. The van der Waals surface area contributed by atoms with E-state index in [0.717, 1.165) is 31.4 Å². The Kier molecular flexibility index (Phi) is 7.86. The second-order valence-corrected chi connectivity index (χ2v) is 8.41. The molecule has 0 radical (unpaired) electrons. The summed E-state index contributed by atoms with van der Waals surface area (Å²) in [5, 5.41) is 4.65. The molecule has 0 heterocycles. The van der Waals surface area contributed by atoms with Crippen molar-refractivity contribution in [3.05, 3.63) is 97.4 Å². The molecule has 3 aromatic carbocycles. The van der Waals surface area contributed by atoms with Crippen molar-refractivity contribution in [2.75, 3.05) is 0 Å². The minimum atomic E-state index is -0.197. The van der Waals surface area contributed by atoms with Gasteiger partial charge in [0.2, 0.25) is 5.91 Å². The van der Waals surface area contributed by atoms with Crippen LogP contribution >= 0.6 is 43.5 Å². The van der Waals surface area contributed by atoms with Gasteiger partial charge in [-0.25, -0.2) is 5.43 Å². The Balaban J connectivity index is 1.51. The number of amides is 1. The molecule has 4 nitrogen and oxygen atoms in total. The lowest BCUT2D eigenvalue weighted by atomic mass is 10.1. The second-order valence-electron chi connectivity index (χ2n) is 6.20. The second kappa shape index (κ2) is 10.6. The molecule has 148 valence electrons. The summed E-state index contributed by atoms with van der Waals surface area (Å²) in [5.41, 5.74) is 5.31. The third kappa shape index (κ3) is 6.99. The van der Waals surface area contributed by atoms with E-state index < -0.39 is 0 Å². The number of hydrazone groups is 1. The molecule has 1 N–H and O–H groups in total. The highest BCUT2D eigenvalue weighted by Crippen LogP contribution is 2.26. The number of nitrogens with zero attached hydrogens (tertiary/aromatic N) is 1. The van der Waals surface area contributed by atoms with Crippen LogP contribution in [0.5, 0.6) is 5.75 Å². The first kappa shape index (κ1) is 21.6. The van der Waals surface area contributed by atoms with Crippen molar-refractivity contribution in [1.29, 1.82) is 0 Å². The molecule has 0 saturated carbocycles. The summed E-state index contributed by atoms with van der Waals surface area (Å²) in [7, 11) is 0. The first-order valence-corrected chi connectivity index (χ1v) is 10.7. The van der Waals surface area contributed by atoms with E-state index in [4.69, 9.17) is 16.3 Å². The van der Waals surface area contributed by atoms with E-state index in [-0.39, 0.29) is 12.3 Å². The molecule has 0 aromatic heterocycles. The van der Waals surface area contributed by atoms with Gasteiger partial charge in [0, 0.05) is 9.50 Å². The fourth-order valence-corrected chi connectivity index (χ4v) is 3.36. The van der Waals surface area contributed by atoms with E-state index >= 15 is 0 Å². The van der Waals surface area contributed by atoms with Crippen LogP contribution in [0.25, 0.3) is 0 Å². The highest BCUT2D eigenvalue weighted by molar-refractivity contribution is 9.10. The molecule has 7 heteroatoms. The molecule has 0 saturated heterocycles. The molecule has 0 unspecified atom stereocenters. The predicted octanol–water partition coefficient (Wildman–Crippen LogP) is 6.14. The zero-order valence-corrected chi connectivity index (χ0v) is 19.2. The molecular formula is C22H17Br2ClN2O2. The van der Waals surface area contributed by atoms with Gasteiger partial charge in [-0.3, -0.25) is 4.79 Å². The van der Waals surface area contributed by atoms with Gasteiger partial charge in [0.25, 0.3) is 0 Å². The molecule has 0 aliphatic heterocycles. The Morgan fingerprint density at radius 1 is 1.00 bits per heavy atom. The maximum absolute atomic E-state index is 12.0. The van der Waals surface area contributed by atoms with Gasteiger partial charge in [-0.1, -0.05) is 51.8 Å². The van der Waals surface area contributed by atoms with Gasteiger partial charge >= 0.3 is 0 Å². The predicted molar refractivity (Wildman–Crippen MR) is 124 cm³/mol. The summed E-state index contributed by atoms with van der Waals surface area (Å²) in [6.45, 7) is 0.472. The zero-order valence-electron chi connectivity index (χ0n) is 15.2. The smallest absolute Gasteiger partial charge is 0.244 e. The Morgan fingerprint density at radius 2 is 1.69 bits per heavy atom. The molecule has 3 rings (SSSR count). The topological polar surface area (TPSA) is 50.7 Å². The van der Waals surface area contributed by atoms with Crippen molar-refractivity contribution in [2.24, 2.45) is 5.10 Å². The summed E-state index contributed by atoms with van der Waals surface area (Å²) in [4.78, 5) is 12.0. The molecule has 1 amide bonds.